The molecule has 1 saturated carbocycles. The van der Waals surface area contributed by atoms with Crippen LogP contribution in [0.5, 0.6) is 0 Å². The molecule has 3 heterocycles. The number of amides is 2. The highest BCUT2D eigenvalue weighted by Gasteiger charge is 2.37. The lowest BCUT2D eigenvalue weighted by atomic mass is 9.82. The number of hydrogen-bond acceptors (Lipinski definition) is 7. The zero-order valence-corrected chi connectivity index (χ0v) is 19.9. The van der Waals surface area contributed by atoms with Crippen molar-refractivity contribution in [2.24, 2.45) is 5.92 Å². The molecule has 2 saturated heterocycles. The SMILES string of the molecule is N#Cc1cccc(-c2nnc(C3CCN(C(=O)CCCC4NC(=O)C5CCCCC5N4)CC3)o2)c1. The summed E-state index contributed by atoms with van der Waals surface area (Å²) in [5.74, 6) is 1.59. The molecule has 184 valence electrons. The van der Waals surface area contributed by atoms with Crippen LogP contribution < -0.4 is 10.6 Å². The fourth-order valence-corrected chi connectivity index (χ4v) is 5.61. The summed E-state index contributed by atoms with van der Waals surface area (Å²) in [4.78, 5) is 27.1. The first-order chi connectivity index (χ1) is 17.1. The minimum atomic E-state index is -0.0269. The Balaban J connectivity index is 1.06. The van der Waals surface area contributed by atoms with Gasteiger partial charge in [0, 0.05) is 37.0 Å². The number of nitrogens with one attached hydrogen (secondary N) is 2. The quantitative estimate of drug-likeness (QED) is 0.656. The Labute approximate surface area is 205 Å². The molecule has 0 radical (unpaired) electrons. The molecule has 2 aromatic rings. The number of aromatic nitrogens is 2. The average molecular weight is 477 g/mol. The van der Waals surface area contributed by atoms with Gasteiger partial charge in [0.1, 0.15) is 0 Å². The van der Waals surface area contributed by atoms with Crippen molar-refractivity contribution in [2.75, 3.05) is 13.1 Å². The van der Waals surface area contributed by atoms with Crippen molar-refractivity contribution in [1.82, 2.24) is 25.7 Å². The van der Waals surface area contributed by atoms with Crippen LogP contribution in [-0.2, 0) is 9.59 Å². The number of nitrogens with zero attached hydrogens (tertiary/aromatic N) is 4. The maximum Gasteiger partial charge on any atom is 0.247 e. The van der Waals surface area contributed by atoms with Gasteiger partial charge in [-0.25, -0.2) is 0 Å². The average Bonchev–Trinajstić information content (AvgIpc) is 3.39. The molecular weight excluding hydrogens is 444 g/mol. The van der Waals surface area contributed by atoms with Gasteiger partial charge in [0.25, 0.3) is 0 Å². The Kier molecular flexibility index (Phi) is 7.09. The van der Waals surface area contributed by atoms with Gasteiger partial charge in [-0.1, -0.05) is 18.9 Å². The second-order valence-corrected chi connectivity index (χ2v) is 9.91. The van der Waals surface area contributed by atoms with Crippen LogP contribution in [0.25, 0.3) is 11.5 Å². The third kappa shape index (κ3) is 5.38. The van der Waals surface area contributed by atoms with E-state index in [0.29, 0.717) is 36.9 Å². The molecule has 9 nitrogen and oxygen atoms in total. The molecular formula is C26H32N6O3. The lowest BCUT2D eigenvalue weighted by Gasteiger charge is -2.40. The molecule has 35 heavy (non-hydrogen) atoms. The van der Waals surface area contributed by atoms with Gasteiger partial charge in [-0.15, -0.1) is 10.2 Å². The number of hydrogen-bond donors (Lipinski definition) is 2. The van der Waals surface area contributed by atoms with Crippen LogP contribution in [0.15, 0.2) is 28.7 Å². The Hall–Kier alpha value is -3.25. The van der Waals surface area contributed by atoms with Gasteiger partial charge >= 0.3 is 0 Å². The maximum atomic E-state index is 12.8. The number of carbonyl (C=O) groups excluding carboxylic acids is 2. The zero-order valence-electron chi connectivity index (χ0n) is 19.9. The second-order valence-electron chi connectivity index (χ2n) is 9.91. The van der Waals surface area contributed by atoms with Crippen LogP contribution in [-0.4, -0.2) is 52.2 Å². The number of piperidine rings is 1. The van der Waals surface area contributed by atoms with E-state index in [0.717, 1.165) is 50.5 Å². The Bertz CT molecular complexity index is 1100. The molecule has 2 N–H and O–H groups in total. The fraction of sp³-hybridized carbons (Fsp3) is 0.577. The molecule has 3 unspecified atom stereocenters. The van der Waals surface area contributed by atoms with Gasteiger partial charge in [-0.05, 0) is 56.7 Å². The number of rotatable bonds is 6. The monoisotopic (exact) mass is 476 g/mol. The predicted molar refractivity (Wildman–Crippen MR) is 128 cm³/mol. The smallest absolute Gasteiger partial charge is 0.247 e. The molecule has 3 aliphatic rings. The summed E-state index contributed by atoms with van der Waals surface area (Å²) in [6.45, 7) is 1.35. The number of fused-ring (bicyclic) bond motifs is 1. The molecule has 9 heteroatoms. The van der Waals surface area contributed by atoms with Crippen molar-refractivity contribution in [2.45, 2.75) is 75.9 Å². The first-order valence-corrected chi connectivity index (χ1v) is 12.8. The highest BCUT2D eigenvalue weighted by Crippen LogP contribution is 2.30. The van der Waals surface area contributed by atoms with Crippen molar-refractivity contribution in [1.29, 1.82) is 5.26 Å². The van der Waals surface area contributed by atoms with Gasteiger partial charge in [-0.3, -0.25) is 14.9 Å². The topological polar surface area (TPSA) is 124 Å². The van der Waals surface area contributed by atoms with Crippen molar-refractivity contribution in [3.05, 3.63) is 35.7 Å². The summed E-state index contributed by atoms with van der Waals surface area (Å²) < 4.78 is 5.91. The highest BCUT2D eigenvalue weighted by molar-refractivity contribution is 5.80. The first kappa shape index (κ1) is 23.5. The largest absolute Gasteiger partial charge is 0.420 e. The summed E-state index contributed by atoms with van der Waals surface area (Å²) >= 11 is 0. The van der Waals surface area contributed by atoms with E-state index in [1.807, 2.05) is 11.0 Å². The summed E-state index contributed by atoms with van der Waals surface area (Å²) in [6, 6.07) is 9.53. The van der Waals surface area contributed by atoms with Crippen LogP contribution >= 0.6 is 0 Å². The van der Waals surface area contributed by atoms with E-state index < -0.39 is 0 Å². The molecule has 1 aromatic heterocycles. The lowest BCUT2D eigenvalue weighted by Crippen LogP contribution is -2.62. The van der Waals surface area contributed by atoms with Gasteiger partial charge in [0.15, 0.2) is 0 Å². The number of nitriles is 1. The van der Waals surface area contributed by atoms with Crippen molar-refractivity contribution in [3.63, 3.8) is 0 Å². The molecule has 2 amide bonds. The first-order valence-electron chi connectivity index (χ1n) is 12.8. The molecule has 1 aromatic carbocycles. The Morgan fingerprint density at radius 1 is 1.17 bits per heavy atom. The van der Waals surface area contributed by atoms with Crippen molar-refractivity contribution >= 4 is 11.8 Å². The highest BCUT2D eigenvalue weighted by atomic mass is 16.4. The molecule has 0 bridgehead atoms. The van der Waals surface area contributed by atoms with E-state index in [1.165, 1.54) is 6.42 Å². The molecule has 3 atom stereocenters. The van der Waals surface area contributed by atoms with Gasteiger partial charge in [0.2, 0.25) is 23.6 Å². The molecule has 2 aliphatic heterocycles. The van der Waals surface area contributed by atoms with E-state index in [-0.39, 0.29) is 35.9 Å². The Morgan fingerprint density at radius 2 is 2.00 bits per heavy atom. The van der Waals surface area contributed by atoms with E-state index in [2.05, 4.69) is 26.9 Å². The summed E-state index contributed by atoms with van der Waals surface area (Å²) in [6.07, 6.45) is 7.92. The van der Waals surface area contributed by atoms with Crippen LogP contribution in [0.2, 0.25) is 0 Å². The lowest BCUT2D eigenvalue weighted by molar-refractivity contribution is -0.132. The van der Waals surface area contributed by atoms with E-state index in [9.17, 15) is 9.59 Å². The molecule has 5 rings (SSSR count). The molecule has 1 aliphatic carbocycles. The third-order valence-electron chi connectivity index (χ3n) is 7.59. The standard InChI is InChI=1S/C26H32N6O3/c27-16-17-5-3-6-19(15-17)26-31-30-25(35-26)18-11-13-32(14-12-18)23(33)10-4-9-22-28-21-8-2-1-7-20(21)24(34)29-22/h3,5-6,15,18,20-22,28H,1-2,4,7-14H2,(H,29,34). The summed E-state index contributed by atoms with van der Waals surface area (Å²) in [5.41, 5.74) is 1.28. The number of likely N-dealkylation sites (tertiary alicyclic amines) is 1. The minimum absolute atomic E-state index is 0.0269. The van der Waals surface area contributed by atoms with Gasteiger partial charge in [-0.2, -0.15) is 5.26 Å². The second kappa shape index (κ2) is 10.6. The maximum absolute atomic E-state index is 12.8. The van der Waals surface area contributed by atoms with Crippen LogP contribution in [0, 0.1) is 17.2 Å². The van der Waals surface area contributed by atoms with E-state index in [4.69, 9.17) is 9.68 Å². The van der Waals surface area contributed by atoms with Crippen molar-refractivity contribution < 1.29 is 14.0 Å². The number of carbonyl (C=O) groups is 2. The van der Waals surface area contributed by atoms with E-state index in [1.54, 1.807) is 18.2 Å². The molecule has 3 fully saturated rings. The predicted octanol–water partition coefficient (Wildman–Crippen LogP) is 3.09. The fourth-order valence-electron chi connectivity index (χ4n) is 5.61. The van der Waals surface area contributed by atoms with Crippen LogP contribution in [0.4, 0.5) is 0 Å². The van der Waals surface area contributed by atoms with Crippen molar-refractivity contribution in [3.8, 4) is 17.5 Å². The van der Waals surface area contributed by atoms with Crippen LogP contribution in [0.3, 0.4) is 0 Å². The normalized spacial score (nSPS) is 24.9. The molecule has 0 spiro atoms. The van der Waals surface area contributed by atoms with Gasteiger partial charge in [0.05, 0.1) is 23.7 Å². The summed E-state index contributed by atoms with van der Waals surface area (Å²) in [7, 11) is 0. The number of benzene rings is 1. The van der Waals surface area contributed by atoms with E-state index >= 15 is 0 Å². The van der Waals surface area contributed by atoms with Gasteiger partial charge < -0.3 is 14.6 Å². The third-order valence-corrected chi connectivity index (χ3v) is 7.59. The zero-order chi connectivity index (χ0) is 24.2. The summed E-state index contributed by atoms with van der Waals surface area (Å²) in [5, 5.41) is 24.2. The van der Waals surface area contributed by atoms with Crippen LogP contribution in [0.1, 0.15) is 75.2 Å². The Morgan fingerprint density at radius 3 is 2.83 bits per heavy atom. The minimum Gasteiger partial charge on any atom is -0.420 e.